The normalized spacial score (nSPS) is 12.7. The minimum Gasteiger partial charge on any atom is -0.308 e. The van der Waals surface area contributed by atoms with Gasteiger partial charge in [-0.05, 0) is 37.2 Å². The van der Waals surface area contributed by atoms with Gasteiger partial charge in [-0.1, -0.05) is 28.1 Å². The summed E-state index contributed by atoms with van der Waals surface area (Å²) in [5.41, 5.74) is 3.50. The van der Waals surface area contributed by atoms with Crippen molar-refractivity contribution in [3.05, 3.63) is 51.8 Å². The lowest BCUT2D eigenvalue weighted by Gasteiger charge is -2.15. The second kappa shape index (κ2) is 5.02. The van der Waals surface area contributed by atoms with Crippen molar-refractivity contribution < 1.29 is 0 Å². The summed E-state index contributed by atoms with van der Waals surface area (Å²) >= 11 is 3.52. The Kier molecular flexibility index (Phi) is 3.64. The molecule has 0 fully saturated rings. The van der Waals surface area contributed by atoms with Gasteiger partial charge in [0.25, 0.3) is 0 Å². The van der Waals surface area contributed by atoms with Crippen LogP contribution in [0.3, 0.4) is 0 Å². The smallest absolute Gasteiger partial charge is 0.0839 e. The zero-order valence-electron chi connectivity index (χ0n) is 10.2. The molecule has 0 radical (unpaired) electrons. The molecule has 1 N–H and O–H groups in total. The summed E-state index contributed by atoms with van der Waals surface area (Å²) in [7, 11) is 3.89. The van der Waals surface area contributed by atoms with Crippen molar-refractivity contribution in [2.24, 2.45) is 7.05 Å². The molecule has 1 heterocycles. The van der Waals surface area contributed by atoms with Crippen LogP contribution in [0.1, 0.15) is 22.9 Å². The lowest BCUT2D eigenvalue weighted by molar-refractivity contribution is 0.641. The topological polar surface area (TPSA) is 29.9 Å². The van der Waals surface area contributed by atoms with Crippen molar-refractivity contribution in [2.45, 2.75) is 13.0 Å². The van der Waals surface area contributed by atoms with E-state index in [4.69, 9.17) is 0 Å². The largest absolute Gasteiger partial charge is 0.308 e. The monoisotopic (exact) mass is 293 g/mol. The molecule has 90 valence electrons. The third-order valence-corrected chi connectivity index (χ3v) is 3.72. The summed E-state index contributed by atoms with van der Waals surface area (Å²) in [5.74, 6) is 0. The number of rotatable bonds is 3. The Morgan fingerprint density at radius 2 is 2.12 bits per heavy atom. The molecule has 0 aliphatic heterocycles. The van der Waals surface area contributed by atoms with Gasteiger partial charge in [0.15, 0.2) is 0 Å². The van der Waals surface area contributed by atoms with Crippen LogP contribution in [0.4, 0.5) is 0 Å². The number of halogens is 1. The van der Waals surface area contributed by atoms with E-state index in [-0.39, 0.29) is 6.04 Å². The van der Waals surface area contributed by atoms with Crippen molar-refractivity contribution >= 4 is 15.9 Å². The summed E-state index contributed by atoms with van der Waals surface area (Å²) in [6.07, 6.45) is 1.96. The van der Waals surface area contributed by atoms with Gasteiger partial charge in [-0.2, -0.15) is 5.10 Å². The Balaban J connectivity index is 2.38. The summed E-state index contributed by atoms with van der Waals surface area (Å²) in [6.45, 7) is 2.10. The minimum absolute atomic E-state index is 0.142. The van der Waals surface area contributed by atoms with Gasteiger partial charge in [-0.15, -0.1) is 0 Å². The summed E-state index contributed by atoms with van der Waals surface area (Å²) in [4.78, 5) is 0. The molecule has 0 saturated carbocycles. The maximum atomic E-state index is 4.45. The van der Waals surface area contributed by atoms with E-state index < -0.39 is 0 Å². The zero-order valence-corrected chi connectivity index (χ0v) is 11.8. The first-order valence-corrected chi connectivity index (χ1v) is 6.34. The molecule has 1 aromatic heterocycles. The van der Waals surface area contributed by atoms with E-state index in [9.17, 15) is 0 Å². The fraction of sp³-hybridized carbons (Fsp3) is 0.308. The van der Waals surface area contributed by atoms with Gasteiger partial charge in [0.1, 0.15) is 0 Å². The number of nitrogens with zero attached hydrogens (tertiary/aromatic N) is 2. The van der Waals surface area contributed by atoms with Crippen LogP contribution in [0.15, 0.2) is 34.9 Å². The molecule has 17 heavy (non-hydrogen) atoms. The number of hydrogen-bond acceptors (Lipinski definition) is 2. The quantitative estimate of drug-likeness (QED) is 0.943. The molecule has 1 unspecified atom stereocenters. The predicted octanol–water partition coefficient (Wildman–Crippen LogP) is 2.80. The molecule has 2 rings (SSSR count). The van der Waals surface area contributed by atoms with Gasteiger partial charge in [0, 0.05) is 17.7 Å². The second-order valence-electron chi connectivity index (χ2n) is 4.14. The van der Waals surface area contributed by atoms with Crippen LogP contribution in [0, 0.1) is 6.92 Å². The SMILES string of the molecule is CNC(c1ccc(Br)c(C)c1)c1ccn(C)n1. The molecule has 3 nitrogen and oxygen atoms in total. The molecule has 1 atom stereocenters. The van der Waals surface area contributed by atoms with E-state index in [1.807, 2.05) is 31.0 Å². The predicted molar refractivity (Wildman–Crippen MR) is 73.0 cm³/mol. The highest BCUT2D eigenvalue weighted by Gasteiger charge is 2.14. The molecule has 0 bridgehead atoms. The van der Waals surface area contributed by atoms with Crippen LogP contribution in [0.2, 0.25) is 0 Å². The second-order valence-corrected chi connectivity index (χ2v) is 5.00. The number of aryl methyl sites for hydroxylation is 2. The molecule has 0 aliphatic carbocycles. The molecule has 1 aromatic carbocycles. The van der Waals surface area contributed by atoms with E-state index in [0.717, 1.165) is 10.2 Å². The highest BCUT2D eigenvalue weighted by molar-refractivity contribution is 9.10. The lowest BCUT2D eigenvalue weighted by atomic mass is 10.0. The first kappa shape index (κ1) is 12.3. The molecule has 0 saturated heterocycles. The Morgan fingerprint density at radius 3 is 2.65 bits per heavy atom. The number of aromatic nitrogens is 2. The molecule has 2 aromatic rings. The first-order chi connectivity index (χ1) is 8.11. The van der Waals surface area contributed by atoms with E-state index in [0.29, 0.717) is 0 Å². The van der Waals surface area contributed by atoms with E-state index >= 15 is 0 Å². The van der Waals surface area contributed by atoms with E-state index in [1.54, 1.807) is 0 Å². The Bertz CT molecular complexity index is 519. The third-order valence-electron chi connectivity index (χ3n) is 2.83. The van der Waals surface area contributed by atoms with Crippen molar-refractivity contribution in [2.75, 3.05) is 7.05 Å². The standard InChI is InChI=1S/C13H16BrN3/c1-9-8-10(4-5-11(9)14)13(15-2)12-6-7-17(3)16-12/h4-8,13,15H,1-3H3. The summed E-state index contributed by atoms with van der Waals surface area (Å²) in [6, 6.07) is 8.56. The number of benzene rings is 1. The van der Waals surface area contributed by atoms with Gasteiger partial charge in [0.2, 0.25) is 0 Å². The molecule has 0 amide bonds. The van der Waals surface area contributed by atoms with Crippen LogP contribution >= 0.6 is 15.9 Å². The van der Waals surface area contributed by atoms with Crippen molar-refractivity contribution in [3.8, 4) is 0 Å². The highest BCUT2D eigenvalue weighted by Crippen LogP contribution is 2.24. The van der Waals surface area contributed by atoms with Crippen molar-refractivity contribution in [3.63, 3.8) is 0 Å². The Labute approximate surface area is 110 Å². The van der Waals surface area contributed by atoms with Crippen LogP contribution in [0.5, 0.6) is 0 Å². The van der Waals surface area contributed by atoms with Crippen LogP contribution < -0.4 is 5.32 Å². The number of hydrogen-bond donors (Lipinski definition) is 1. The molecule has 0 spiro atoms. The molecule has 4 heteroatoms. The first-order valence-electron chi connectivity index (χ1n) is 5.54. The van der Waals surface area contributed by atoms with Gasteiger partial charge < -0.3 is 5.32 Å². The molecular formula is C13H16BrN3. The van der Waals surface area contributed by atoms with E-state index in [2.05, 4.69) is 51.5 Å². The summed E-state index contributed by atoms with van der Waals surface area (Å²) < 4.78 is 2.96. The fourth-order valence-electron chi connectivity index (χ4n) is 1.92. The van der Waals surface area contributed by atoms with Crippen LogP contribution in [-0.4, -0.2) is 16.8 Å². The maximum Gasteiger partial charge on any atom is 0.0839 e. The number of nitrogens with one attached hydrogen (secondary N) is 1. The summed E-state index contributed by atoms with van der Waals surface area (Å²) in [5, 5.41) is 7.76. The van der Waals surface area contributed by atoms with Gasteiger partial charge >= 0.3 is 0 Å². The fourth-order valence-corrected chi connectivity index (χ4v) is 2.17. The van der Waals surface area contributed by atoms with Crippen LogP contribution in [-0.2, 0) is 7.05 Å². The van der Waals surface area contributed by atoms with Gasteiger partial charge in [0.05, 0.1) is 11.7 Å². The third kappa shape index (κ3) is 2.58. The lowest BCUT2D eigenvalue weighted by Crippen LogP contribution is -2.18. The molecule has 0 aliphatic rings. The highest BCUT2D eigenvalue weighted by atomic mass is 79.9. The van der Waals surface area contributed by atoms with Gasteiger partial charge in [-0.25, -0.2) is 0 Å². The zero-order chi connectivity index (χ0) is 12.4. The Hall–Kier alpha value is -1.13. The average Bonchev–Trinajstić information content (AvgIpc) is 2.71. The minimum atomic E-state index is 0.142. The van der Waals surface area contributed by atoms with Crippen molar-refractivity contribution in [1.29, 1.82) is 0 Å². The average molecular weight is 294 g/mol. The van der Waals surface area contributed by atoms with Gasteiger partial charge in [-0.3, -0.25) is 4.68 Å². The molecular weight excluding hydrogens is 278 g/mol. The Morgan fingerprint density at radius 1 is 1.35 bits per heavy atom. The maximum absolute atomic E-state index is 4.45. The van der Waals surface area contributed by atoms with Crippen molar-refractivity contribution in [1.82, 2.24) is 15.1 Å². The van der Waals surface area contributed by atoms with E-state index in [1.165, 1.54) is 11.1 Å². The van der Waals surface area contributed by atoms with Crippen LogP contribution in [0.25, 0.3) is 0 Å².